The quantitative estimate of drug-likeness (QED) is 0.674. The van der Waals surface area contributed by atoms with E-state index in [0.29, 0.717) is 13.1 Å². The van der Waals surface area contributed by atoms with Crippen molar-refractivity contribution < 1.29 is 31.5 Å². The molecule has 4 heterocycles. The second kappa shape index (κ2) is 9.66. The molecule has 2 aliphatic heterocycles. The van der Waals surface area contributed by atoms with Gasteiger partial charge in [0.2, 0.25) is 10.0 Å². The lowest BCUT2D eigenvalue weighted by atomic mass is 9.84. The first-order valence-electron chi connectivity index (χ1n) is 10.9. The molecule has 0 bridgehead atoms. The van der Waals surface area contributed by atoms with Crippen molar-refractivity contribution in [2.75, 3.05) is 31.9 Å². The number of piperidine rings is 1. The molecule has 1 spiro atoms. The van der Waals surface area contributed by atoms with Crippen molar-refractivity contribution >= 4 is 16.0 Å². The predicted octanol–water partition coefficient (Wildman–Crippen LogP) is 1.89. The van der Waals surface area contributed by atoms with Crippen LogP contribution in [0.25, 0.3) is 11.3 Å². The molecule has 34 heavy (non-hydrogen) atoms. The van der Waals surface area contributed by atoms with Gasteiger partial charge in [-0.25, -0.2) is 22.5 Å². The Labute approximate surface area is 196 Å². The summed E-state index contributed by atoms with van der Waals surface area (Å²) in [5, 5.41) is 11.4. The molecule has 1 N–H and O–H groups in total. The molecule has 2 aliphatic rings. The number of fused-ring (bicyclic) bond motifs is 2. The van der Waals surface area contributed by atoms with Crippen LogP contribution in [0, 0.1) is 0 Å². The molecule has 0 saturated carbocycles. The summed E-state index contributed by atoms with van der Waals surface area (Å²) in [5.41, 5.74) is 1.98. The number of halogens is 3. The Kier molecular flexibility index (Phi) is 7.43. The zero-order chi connectivity index (χ0) is 25.3. The first-order valence-corrected chi connectivity index (χ1v) is 12.5. The smallest absolute Gasteiger partial charge is 0.475 e. The lowest BCUT2D eigenvalue weighted by Crippen LogP contribution is -2.58. The van der Waals surface area contributed by atoms with E-state index in [1.807, 2.05) is 25.6 Å². The minimum atomic E-state index is -5.08. The van der Waals surface area contributed by atoms with E-state index in [-0.39, 0.29) is 11.3 Å². The van der Waals surface area contributed by atoms with Crippen LogP contribution in [0.15, 0.2) is 18.6 Å². The van der Waals surface area contributed by atoms with E-state index in [1.165, 1.54) is 0 Å². The molecule has 0 aliphatic carbocycles. The molecule has 0 radical (unpaired) electrons. The van der Waals surface area contributed by atoms with Crippen molar-refractivity contribution in [3.8, 4) is 11.3 Å². The number of likely N-dealkylation sites (N-methyl/N-ethyl adjacent to an activating group) is 1. The molecule has 10 nitrogen and oxygen atoms in total. The highest BCUT2D eigenvalue weighted by Crippen LogP contribution is 2.42. The van der Waals surface area contributed by atoms with Crippen molar-refractivity contribution in [3.05, 3.63) is 24.4 Å². The maximum Gasteiger partial charge on any atom is 0.490 e. The average molecular weight is 507 g/mol. The van der Waals surface area contributed by atoms with Crippen LogP contribution >= 0.6 is 0 Å². The number of aromatic nitrogens is 4. The van der Waals surface area contributed by atoms with Gasteiger partial charge in [-0.15, -0.1) is 0 Å². The van der Waals surface area contributed by atoms with Crippen molar-refractivity contribution in [1.82, 2.24) is 28.5 Å². The zero-order valence-corrected chi connectivity index (χ0v) is 20.1. The number of hydrogen-bond acceptors (Lipinski definition) is 6. The third-order valence-electron chi connectivity index (χ3n) is 6.40. The Balaban J connectivity index is 0.000000406. The van der Waals surface area contributed by atoms with Crippen LogP contribution < -0.4 is 0 Å². The van der Waals surface area contributed by atoms with Crippen LogP contribution in [0.1, 0.15) is 32.5 Å². The van der Waals surface area contributed by atoms with Crippen molar-refractivity contribution in [2.45, 2.75) is 44.9 Å². The normalized spacial score (nSPS) is 18.9. The Morgan fingerprint density at radius 3 is 2.24 bits per heavy atom. The molecule has 0 atom stereocenters. The zero-order valence-electron chi connectivity index (χ0n) is 19.3. The molecular weight excluding hydrogens is 477 g/mol. The Morgan fingerprint density at radius 1 is 1.15 bits per heavy atom. The van der Waals surface area contributed by atoms with E-state index in [0.717, 1.165) is 49.6 Å². The van der Waals surface area contributed by atoms with Gasteiger partial charge in [-0.1, -0.05) is 6.92 Å². The van der Waals surface area contributed by atoms with E-state index in [1.54, 1.807) is 15.9 Å². The van der Waals surface area contributed by atoms with E-state index >= 15 is 0 Å². The number of nitrogens with zero attached hydrogens (tertiary/aromatic N) is 6. The number of aryl methyl sites for hydroxylation is 1. The standard InChI is InChI=1S/C18H28N6O2S.C2HF3O2/c1-4-22-10-11-24-16(15-12-20-21(3)14-15)13-19-17(24)18(22)6-8-23(9-7-18)27(25,26)5-2;3-2(4,5)1(6)7/h12-14H,4-11H2,1-3H3;(H,6,7). The maximum atomic E-state index is 12.3. The summed E-state index contributed by atoms with van der Waals surface area (Å²) in [6.45, 7) is 7.79. The topological polar surface area (TPSA) is 114 Å². The number of imidazole rings is 1. The fourth-order valence-electron chi connectivity index (χ4n) is 4.65. The molecule has 2 aromatic rings. The highest BCUT2D eigenvalue weighted by atomic mass is 32.2. The molecule has 2 aromatic heterocycles. The van der Waals surface area contributed by atoms with Crippen molar-refractivity contribution in [3.63, 3.8) is 0 Å². The molecule has 4 rings (SSSR count). The number of sulfonamides is 1. The lowest BCUT2D eigenvalue weighted by molar-refractivity contribution is -0.192. The first-order chi connectivity index (χ1) is 15.9. The molecular formula is C20H29F3N6O4S. The average Bonchev–Trinajstić information content (AvgIpc) is 3.41. The van der Waals surface area contributed by atoms with E-state index < -0.39 is 22.2 Å². The Bertz CT molecular complexity index is 1120. The van der Waals surface area contributed by atoms with E-state index in [2.05, 4.69) is 21.5 Å². The summed E-state index contributed by atoms with van der Waals surface area (Å²) in [6, 6.07) is 0. The molecule has 0 unspecified atom stereocenters. The van der Waals surface area contributed by atoms with Gasteiger partial charge in [0.1, 0.15) is 5.82 Å². The van der Waals surface area contributed by atoms with Gasteiger partial charge in [-0.3, -0.25) is 9.58 Å². The largest absolute Gasteiger partial charge is 0.490 e. The molecule has 1 fully saturated rings. The number of carbonyl (C=O) groups is 1. The number of alkyl halides is 3. The first kappa shape index (κ1) is 26.2. The van der Waals surface area contributed by atoms with Gasteiger partial charge in [0.25, 0.3) is 0 Å². The minimum absolute atomic E-state index is 0.164. The number of hydrogen-bond donors (Lipinski definition) is 1. The third-order valence-corrected chi connectivity index (χ3v) is 8.28. The van der Waals surface area contributed by atoms with Gasteiger partial charge in [0, 0.05) is 45.0 Å². The highest BCUT2D eigenvalue weighted by Gasteiger charge is 2.48. The van der Waals surface area contributed by atoms with Crippen molar-refractivity contribution in [2.24, 2.45) is 7.05 Å². The number of carboxylic acid groups (broad SMARTS) is 1. The fraction of sp³-hybridized carbons (Fsp3) is 0.650. The van der Waals surface area contributed by atoms with Crippen LogP contribution in [0.3, 0.4) is 0 Å². The second-order valence-electron chi connectivity index (χ2n) is 8.24. The van der Waals surface area contributed by atoms with E-state index in [9.17, 15) is 21.6 Å². The fourth-order valence-corrected chi connectivity index (χ4v) is 5.76. The van der Waals surface area contributed by atoms with Gasteiger partial charge in [0.05, 0.1) is 29.4 Å². The van der Waals surface area contributed by atoms with Crippen molar-refractivity contribution in [1.29, 1.82) is 0 Å². The monoisotopic (exact) mass is 506 g/mol. The summed E-state index contributed by atoms with van der Waals surface area (Å²) in [5.74, 6) is -1.52. The highest BCUT2D eigenvalue weighted by molar-refractivity contribution is 7.89. The summed E-state index contributed by atoms with van der Waals surface area (Å²) >= 11 is 0. The number of rotatable bonds is 4. The molecule has 0 amide bonds. The summed E-state index contributed by atoms with van der Waals surface area (Å²) in [6.07, 6.45) is 2.31. The Hall–Kier alpha value is -2.45. The Morgan fingerprint density at radius 2 is 1.76 bits per heavy atom. The predicted molar refractivity (Wildman–Crippen MR) is 117 cm³/mol. The summed E-state index contributed by atoms with van der Waals surface area (Å²) in [4.78, 5) is 16.2. The van der Waals surface area contributed by atoms with Crippen LogP contribution in [-0.2, 0) is 33.9 Å². The molecule has 0 aromatic carbocycles. The van der Waals surface area contributed by atoms with Gasteiger partial charge in [-0.05, 0) is 26.3 Å². The minimum Gasteiger partial charge on any atom is -0.475 e. The second-order valence-corrected chi connectivity index (χ2v) is 10.5. The van der Waals surface area contributed by atoms with Gasteiger partial charge >= 0.3 is 12.1 Å². The number of aliphatic carboxylic acids is 1. The summed E-state index contributed by atoms with van der Waals surface area (Å²) < 4.78 is 62.1. The lowest BCUT2D eigenvalue weighted by Gasteiger charge is -2.50. The van der Waals surface area contributed by atoms with E-state index in [4.69, 9.17) is 14.9 Å². The van der Waals surface area contributed by atoms with Crippen LogP contribution in [0.4, 0.5) is 13.2 Å². The van der Waals surface area contributed by atoms with Crippen LogP contribution in [0.2, 0.25) is 0 Å². The third kappa shape index (κ3) is 4.98. The van der Waals surface area contributed by atoms with Gasteiger partial charge in [0.15, 0.2) is 0 Å². The summed E-state index contributed by atoms with van der Waals surface area (Å²) in [7, 11) is -1.22. The van der Waals surface area contributed by atoms with Crippen LogP contribution in [0.5, 0.6) is 0 Å². The molecule has 1 saturated heterocycles. The number of carboxylic acids is 1. The SMILES string of the molecule is CCN1CCn2c(-c3cnn(C)c3)cnc2C12CCN(S(=O)(=O)CC)CC2.O=C(O)C(F)(F)F. The molecule has 14 heteroatoms. The van der Waals surface area contributed by atoms with Gasteiger partial charge in [-0.2, -0.15) is 18.3 Å². The maximum absolute atomic E-state index is 12.3. The van der Waals surface area contributed by atoms with Crippen LogP contribution in [-0.4, -0.2) is 86.1 Å². The molecule has 190 valence electrons. The van der Waals surface area contributed by atoms with Gasteiger partial charge < -0.3 is 9.67 Å².